The van der Waals surface area contributed by atoms with E-state index in [0.717, 1.165) is 17.1 Å². The number of anilines is 1. The highest BCUT2D eigenvalue weighted by Gasteiger charge is 2.31. The zero-order chi connectivity index (χ0) is 13.5. The van der Waals surface area contributed by atoms with Gasteiger partial charge in [0, 0.05) is 25.2 Å². The molecule has 1 atom stereocenters. The first kappa shape index (κ1) is 13.4. The number of hydrogen-bond acceptors (Lipinski definition) is 5. The minimum absolute atomic E-state index is 0.0784. The third kappa shape index (κ3) is 2.24. The van der Waals surface area contributed by atoms with Crippen LogP contribution in [0.2, 0.25) is 0 Å². The van der Waals surface area contributed by atoms with Crippen molar-refractivity contribution in [1.29, 1.82) is 0 Å². The van der Waals surface area contributed by atoms with Gasteiger partial charge in [-0.2, -0.15) is 5.10 Å². The van der Waals surface area contributed by atoms with Crippen molar-refractivity contribution in [1.82, 2.24) is 9.78 Å². The van der Waals surface area contributed by atoms with Gasteiger partial charge in [0.2, 0.25) is 0 Å². The van der Waals surface area contributed by atoms with Crippen LogP contribution in [0.3, 0.4) is 0 Å². The molecule has 0 amide bonds. The number of aromatic nitrogens is 2. The van der Waals surface area contributed by atoms with Crippen molar-refractivity contribution < 1.29 is 13.5 Å². The molecule has 0 radical (unpaired) electrons. The highest BCUT2D eigenvalue weighted by atomic mass is 32.2. The Morgan fingerprint density at radius 2 is 2.17 bits per heavy atom. The van der Waals surface area contributed by atoms with Crippen LogP contribution in [0.4, 0.5) is 5.82 Å². The largest absolute Gasteiger partial charge is 0.391 e. The summed E-state index contributed by atoms with van der Waals surface area (Å²) in [6.45, 7) is 4.11. The molecule has 7 heteroatoms. The predicted molar refractivity (Wildman–Crippen MR) is 69.3 cm³/mol. The van der Waals surface area contributed by atoms with Gasteiger partial charge in [0.25, 0.3) is 0 Å². The fourth-order valence-electron chi connectivity index (χ4n) is 2.55. The molecule has 1 aliphatic rings. The van der Waals surface area contributed by atoms with Crippen LogP contribution in [-0.4, -0.2) is 47.4 Å². The fraction of sp³-hybridized carbons (Fsp3) is 0.727. The van der Waals surface area contributed by atoms with Gasteiger partial charge in [-0.15, -0.1) is 0 Å². The topological polar surface area (TPSA) is 75.4 Å². The molecule has 0 bridgehead atoms. The Morgan fingerprint density at radius 1 is 1.50 bits per heavy atom. The lowest BCUT2D eigenvalue weighted by molar-refractivity contribution is 0.281. The minimum atomic E-state index is -2.93. The first-order valence-corrected chi connectivity index (χ1v) is 7.78. The first-order chi connectivity index (χ1) is 8.35. The van der Waals surface area contributed by atoms with Crippen molar-refractivity contribution in [3.8, 4) is 0 Å². The Bertz CT molecular complexity index is 550. The summed E-state index contributed by atoms with van der Waals surface area (Å²) in [4.78, 5) is 2.02. The van der Waals surface area contributed by atoms with Gasteiger partial charge in [-0.05, 0) is 13.8 Å². The molecule has 1 saturated heterocycles. The van der Waals surface area contributed by atoms with Gasteiger partial charge in [-0.1, -0.05) is 0 Å². The second kappa shape index (κ2) is 4.55. The van der Waals surface area contributed by atoms with Crippen LogP contribution >= 0.6 is 0 Å². The van der Waals surface area contributed by atoms with E-state index in [-0.39, 0.29) is 24.2 Å². The average Bonchev–Trinajstić information content (AvgIpc) is 2.52. The van der Waals surface area contributed by atoms with Crippen molar-refractivity contribution in [3.05, 3.63) is 11.3 Å². The Kier molecular flexibility index (Phi) is 3.37. The molecule has 18 heavy (non-hydrogen) atoms. The molecule has 1 unspecified atom stereocenters. The predicted octanol–water partition coefficient (Wildman–Crippen LogP) is -0.156. The number of nitrogens with zero attached hydrogens (tertiary/aromatic N) is 3. The van der Waals surface area contributed by atoms with Crippen molar-refractivity contribution in [2.75, 3.05) is 23.0 Å². The van der Waals surface area contributed by atoms with E-state index < -0.39 is 9.84 Å². The minimum Gasteiger partial charge on any atom is -0.391 e. The summed E-state index contributed by atoms with van der Waals surface area (Å²) < 4.78 is 24.9. The van der Waals surface area contributed by atoms with E-state index in [1.54, 1.807) is 4.68 Å². The maximum absolute atomic E-state index is 11.6. The summed E-state index contributed by atoms with van der Waals surface area (Å²) in [7, 11) is -1.12. The van der Waals surface area contributed by atoms with Crippen molar-refractivity contribution in [2.24, 2.45) is 7.05 Å². The third-order valence-corrected chi connectivity index (χ3v) is 5.21. The molecule has 1 N–H and O–H groups in total. The number of hydrogen-bond donors (Lipinski definition) is 1. The van der Waals surface area contributed by atoms with Crippen LogP contribution in [0.5, 0.6) is 0 Å². The highest BCUT2D eigenvalue weighted by molar-refractivity contribution is 7.91. The van der Waals surface area contributed by atoms with Crippen LogP contribution < -0.4 is 4.90 Å². The fourth-order valence-corrected chi connectivity index (χ4v) is 4.10. The Balaban J connectivity index is 2.38. The van der Waals surface area contributed by atoms with E-state index in [4.69, 9.17) is 0 Å². The first-order valence-electron chi connectivity index (χ1n) is 5.96. The zero-order valence-electron chi connectivity index (χ0n) is 10.9. The molecule has 0 aromatic carbocycles. The van der Waals surface area contributed by atoms with Gasteiger partial charge in [0.1, 0.15) is 5.82 Å². The number of rotatable bonds is 2. The van der Waals surface area contributed by atoms with E-state index in [2.05, 4.69) is 5.10 Å². The molecule has 1 aromatic rings. The molecule has 6 nitrogen and oxygen atoms in total. The van der Waals surface area contributed by atoms with Crippen LogP contribution in [-0.2, 0) is 23.5 Å². The lowest BCUT2D eigenvalue weighted by atomic mass is 10.2. The lowest BCUT2D eigenvalue weighted by Gasteiger charge is -2.35. The van der Waals surface area contributed by atoms with Crippen LogP contribution in [0, 0.1) is 6.92 Å². The Morgan fingerprint density at radius 3 is 2.72 bits per heavy atom. The van der Waals surface area contributed by atoms with Gasteiger partial charge >= 0.3 is 0 Å². The summed E-state index contributed by atoms with van der Waals surface area (Å²) in [6, 6.07) is -0.0937. The van der Waals surface area contributed by atoms with Crippen LogP contribution in [0.1, 0.15) is 18.2 Å². The van der Waals surface area contributed by atoms with E-state index in [9.17, 15) is 13.5 Å². The number of aliphatic hydroxyl groups is 1. The third-order valence-electron chi connectivity index (χ3n) is 3.41. The molecule has 1 aromatic heterocycles. The van der Waals surface area contributed by atoms with Crippen LogP contribution in [0.15, 0.2) is 0 Å². The Labute approximate surface area is 107 Å². The van der Waals surface area contributed by atoms with Gasteiger partial charge < -0.3 is 10.0 Å². The van der Waals surface area contributed by atoms with Gasteiger partial charge in [-0.3, -0.25) is 4.68 Å². The highest BCUT2D eigenvalue weighted by Crippen LogP contribution is 2.27. The van der Waals surface area contributed by atoms with Gasteiger partial charge in [0.05, 0.1) is 23.8 Å². The summed E-state index contributed by atoms with van der Waals surface area (Å²) in [6.07, 6.45) is 0. The Hall–Kier alpha value is -1.08. The van der Waals surface area contributed by atoms with E-state index in [0.29, 0.717) is 6.54 Å². The van der Waals surface area contributed by atoms with Gasteiger partial charge in [-0.25, -0.2) is 8.42 Å². The summed E-state index contributed by atoms with van der Waals surface area (Å²) in [5.41, 5.74) is 1.57. The smallest absolute Gasteiger partial charge is 0.154 e. The summed E-state index contributed by atoms with van der Waals surface area (Å²) in [5.74, 6) is 1.14. The number of aliphatic hydroxyl groups excluding tert-OH is 1. The van der Waals surface area contributed by atoms with E-state index >= 15 is 0 Å². The van der Waals surface area contributed by atoms with Gasteiger partial charge in [0.15, 0.2) is 9.84 Å². The van der Waals surface area contributed by atoms with Crippen molar-refractivity contribution in [3.63, 3.8) is 0 Å². The lowest BCUT2D eigenvalue weighted by Crippen LogP contribution is -2.48. The van der Waals surface area contributed by atoms with Crippen molar-refractivity contribution >= 4 is 15.7 Å². The maximum atomic E-state index is 11.6. The molecule has 0 aliphatic carbocycles. The molecule has 0 saturated carbocycles. The quantitative estimate of drug-likeness (QED) is 0.810. The monoisotopic (exact) mass is 273 g/mol. The number of sulfone groups is 1. The molecule has 0 spiro atoms. The summed E-state index contributed by atoms with van der Waals surface area (Å²) >= 11 is 0. The molecule has 102 valence electrons. The normalized spacial score (nSPS) is 23.3. The molecule has 1 aliphatic heterocycles. The molecular formula is C11H19N3O3S. The molecule has 1 fully saturated rings. The van der Waals surface area contributed by atoms with Crippen molar-refractivity contribution in [2.45, 2.75) is 26.5 Å². The molecular weight excluding hydrogens is 254 g/mol. The zero-order valence-corrected chi connectivity index (χ0v) is 11.7. The average molecular weight is 273 g/mol. The summed E-state index contributed by atoms with van der Waals surface area (Å²) in [5, 5.41) is 13.7. The van der Waals surface area contributed by atoms with Crippen LogP contribution in [0.25, 0.3) is 0 Å². The second-order valence-electron chi connectivity index (χ2n) is 4.83. The number of aryl methyl sites for hydroxylation is 2. The second-order valence-corrected chi connectivity index (χ2v) is 7.05. The SMILES string of the molecule is Cc1nn(C)c(N2CCS(=O)(=O)CC2C)c1CO. The standard InChI is InChI=1S/C11H19N3O3S/c1-8-7-18(16,17)5-4-14(8)11-10(6-15)9(2)12-13(11)3/h8,15H,4-7H2,1-3H3. The maximum Gasteiger partial charge on any atom is 0.154 e. The van der Waals surface area contributed by atoms with E-state index in [1.165, 1.54) is 0 Å². The molecule has 2 rings (SSSR count). The van der Waals surface area contributed by atoms with E-state index in [1.807, 2.05) is 25.8 Å². The molecule has 2 heterocycles.